The van der Waals surface area contributed by atoms with Gasteiger partial charge in [-0.25, -0.2) is 0 Å². The number of rotatable bonds is 9. The minimum atomic E-state index is -0.510. The molecule has 1 aromatic heterocycles. The van der Waals surface area contributed by atoms with E-state index < -0.39 is 6.29 Å². The molecule has 28 heavy (non-hydrogen) atoms. The molecule has 1 aliphatic heterocycles. The van der Waals surface area contributed by atoms with Crippen molar-refractivity contribution in [1.29, 1.82) is 0 Å². The molecule has 0 unspecified atom stereocenters. The average molecular weight is 402 g/mol. The van der Waals surface area contributed by atoms with Crippen molar-refractivity contribution < 1.29 is 19.4 Å². The average Bonchev–Trinajstić information content (AvgIpc) is 3.26. The number of hydrogen-bond acceptors (Lipinski definition) is 5. The van der Waals surface area contributed by atoms with Crippen molar-refractivity contribution in [1.82, 2.24) is 5.32 Å². The van der Waals surface area contributed by atoms with Gasteiger partial charge in [0.25, 0.3) is 5.91 Å². The van der Waals surface area contributed by atoms with Gasteiger partial charge in [-0.1, -0.05) is 30.3 Å². The van der Waals surface area contributed by atoms with Gasteiger partial charge >= 0.3 is 0 Å². The molecule has 0 radical (unpaired) electrons. The van der Waals surface area contributed by atoms with Gasteiger partial charge in [-0.15, -0.1) is 0 Å². The highest BCUT2D eigenvalue weighted by atomic mass is 32.1. The minimum absolute atomic E-state index is 0.0144. The first-order valence-electron chi connectivity index (χ1n) is 9.68. The van der Waals surface area contributed by atoms with Gasteiger partial charge in [0.15, 0.2) is 5.76 Å². The van der Waals surface area contributed by atoms with Gasteiger partial charge in [0, 0.05) is 31.6 Å². The lowest BCUT2D eigenvalue weighted by Gasteiger charge is -2.36. The molecular weight excluding hydrogens is 374 g/mol. The second-order valence-corrected chi connectivity index (χ2v) is 7.53. The number of aliphatic hydroxyl groups is 1. The zero-order chi connectivity index (χ0) is 19.8. The van der Waals surface area contributed by atoms with Crippen molar-refractivity contribution in [3.8, 4) is 0 Å². The smallest absolute Gasteiger partial charge is 0.286 e. The molecule has 2 heterocycles. The van der Waals surface area contributed by atoms with Crippen molar-refractivity contribution in [3.63, 3.8) is 0 Å². The molecule has 1 aliphatic rings. The van der Waals surface area contributed by atoms with Gasteiger partial charge in [-0.3, -0.25) is 4.79 Å². The molecule has 3 rings (SSSR count). The number of hydrogen-bond donors (Lipinski definition) is 2. The molecule has 0 spiro atoms. The Balaban J connectivity index is 1.79. The third-order valence-corrected chi connectivity index (χ3v) is 5.56. The van der Waals surface area contributed by atoms with Crippen LogP contribution in [-0.2, 0) is 20.8 Å². The first-order chi connectivity index (χ1) is 13.7. The zero-order valence-electron chi connectivity index (χ0n) is 16.0. The Morgan fingerprint density at radius 3 is 2.79 bits per heavy atom. The van der Waals surface area contributed by atoms with Crippen LogP contribution in [0.25, 0.3) is 0 Å². The number of ether oxygens (including phenoxy) is 2. The molecule has 0 saturated carbocycles. The summed E-state index contributed by atoms with van der Waals surface area (Å²) in [5.41, 5.74) is 2.18. The summed E-state index contributed by atoms with van der Waals surface area (Å²) in [5, 5.41) is 16.4. The van der Waals surface area contributed by atoms with Crippen molar-refractivity contribution in [2.24, 2.45) is 5.92 Å². The summed E-state index contributed by atoms with van der Waals surface area (Å²) in [7, 11) is 0. The molecule has 0 fully saturated rings. The highest BCUT2D eigenvalue weighted by Gasteiger charge is 2.37. The van der Waals surface area contributed by atoms with Gasteiger partial charge in [0.05, 0.1) is 0 Å². The second-order valence-electron chi connectivity index (χ2n) is 6.75. The van der Waals surface area contributed by atoms with Crippen LogP contribution in [0, 0.1) is 5.92 Å². The maximum Gasteiger partial charge on any atom is 0.286 e. The van der Waals surface area contributed by atoms with Crippen LogP contribution in [0.2, 0.25) is 0 Å². The number of carbonyl (C=O) groups excluding carboxylic acids is 1. The molecule has 1 aromatic carbocycles. The number of nitrogens with one attached hydrogen (secondary N) is 1. The van der Waals surface area contributed by atoms with E-state index in [0.717, 1.165) is 17.5 Å². The van der Waals surface area contributed by atoms with Crippen LogP contribution in [0.5, 0.6) is 0 Å². The quantitative estimate of drug-likeness (QED) is 0.670. The summed E-state index contributed by atoms with van der Waals surface area (Å²) in [6, 6.07) is 11.9. The van der Waals surface area contributed by atoms with Crippen LogP contribution < -0.4 is 5.32 Å². The van der Waals surface area contributed by atoms with Crippen LogP contribution in [0.4, 0.5) is 0 Å². The minimum Gasteiger partial charge on any atom is -0.459 e. The SMILES string of the molecule is CCO[C@@H]1OC(C(=O)NCc2ccccc2)=C[C@H](c2ccsc2)[C@@H]1CCCO. The van der Waals surface area contributed by atoms with E-state index in [4.69, 9.17) is 9.47 Å². The number of allylic oxidation sites excluding steroid dienone is 1. The molecule has 3 atom stereocenters. The summed E-state index contributed by atoms with van der Waals surface area (Å²) < 4.78 is 11.8. The molecule has 0 saturated heterocycles. The number of aliphatic hydroxyl groups excluding tert-OH is 1. The van der Waals surface area contributed by atoms with Crippen LogP contribution in [0.1, 0.15) is 36.8 Å². The first-order valence-corrected chi connectivity index (χ1v) is 10.6. The molecule has 1 amide bonds. The van der Waals surface area contributed by atoms with E-state index in [1.54, 1.807) is 11.3 Å². The fraction of sp³-hybridized carbons (Fsp3) is 0.409. The maximum atomic E-state index is 12.8. The van der Waals surface area contributed by atoms with Crippen LogP contribution in [0.15, 0.2) is 59.0 Å². The second kappa shape index (κ2) is 10.4. The maximum absolute atomic E-state index is 12.8. The Labute approximate surface area is 170 Å². The van der Waals surface area contributed by atoms with Gasteiger partial charge in [-0.2, -0.15) is 11.3 Å². The number of carbonyl (C=O) groups is 1. The summed E-state index contributed by atoms with van der Waals surface area (Å²) in [6.45, 7) is 2.98. The monoisotopic (exact) mass is 401 g/mol. The largest absolute Gasteiger partial charge is 0.459 e. The highest BCUT2D eigenvalue weighted by Crippen LogP contribution is 2.40. The van der Waals surface area contributed by atoms with E-state index in [2.05, 4.69) is 16.8 Å². The van der Waals surface area contributed by atoms with E-state index in [0.29, 0.717) is 25.3 Å². The number of thiophene rings is 1. The normalized spacial score (nSPS) is 21.6. The van der Waals surface area contributed by atoms with Crippen molar-refractivity contribution in [2.45, 2.75) is 38.5 Å². The van der Waals surface area contributed by atoms with E-state index >= 15 is 0 Å². The van der Waals surface area contributed by atoms with Gasteiger partial charge < -0.3 is 19.9 Å². The summed E-state index contributed by atoms with van der Waals surface area (Å²) in [5.74, 6) is 0.119. The molecule has 2 N–H and O–H groups in total. The highest BCUT2D eigenvalue weighted by molar-refractivity contribution is 7.08. The van der Waals surface area contributed by atoms with Gasteiger partial charge in [0.1, 0.15) is 0 Å². The molecule has 0 bridgehead atoms. The predicted octanol–water partition coefficient (Wildman–Crippen LogP) is 3.81. The molecule has 2 aromatic rings. The standard InChI is InChI=1S/C22H27NO4S/c1-2-26-22-18(9-6-11-24)19(17-10-12-28-15-17)13-20(27-22)21(25)23-14-16-7-4-3-5-8-16/h3-5,7-8,10,12-13,15,18-19,22,24H,2,6,9,11,14H2,1H3,(H,23,25)/t18-,19+,22+/m0/s1. The molecule has 150 valence electrons. The lowest BCUT2D eigenvalue weighted by atomic mass is 9.81. The lowest BCUT2D eigenvalue weighted by Crippen LogP contribution is -2.38. The Kier molecular flexibility index (Phi) is 7.65. The van der Waals surface area contributed by atoms with E-state index in [1.165, 1.54) is 0 Å². The Hall–Kier alpha value is -2.15. The van der Waals surface area contributed by atoms with E-state index in [9.17, 15) is 9.90 Å². The molecule has 0 aliphatic carbocycles. The zero-order valence-corrected chi connectivity index (χ0v) is 16.9. The van der Waals surface area contributed by atoms with Crippen molar-refractivity contribution in [3.05, 3.63) is 70.1 Å². The molecular formula is C22H27NO4S. The van der Waals surface area contributed by atoms with Gasteiger partial charge in [-0.05, 0) is 53.8 Å². The Morgan fingerprint density at radius 2 is 2.11 bits per heavy atom. The first kappa shape index (κ1) is 20.6. The van der Waals surface area contributed by atoms with Crippen LogP contribution in [0.3, 0.4) is 0 Å². The Morgan fingerprint density at radius 1 is 1.29 bits per heavy atom. The lowest BCUT2D eigenvalue weighted by molar-refractivity contribution is -0.166. The Bertz CT molecular complexity index is 760. The number of amides is 1. The molecule has 5 nitrogen and oxygen atoms in total. The fourth-order valence-corrected chi connectivity index (χ4v) is 4.18. The number of benzene rings is 1. The van der Waals surface area contributed by atoms with Crippen molar-refractivity contribution in [2.75, 3.05) is 13.2 Å². The van der Waals surface area contributed by atoms with E-state index in [1.807, 2.05) is 48.7 Å². The topological polar surface area (TPSA) is 67.8 Å². The van der Waals surface area contributed by atoms with Crippen molar-refractivity contribution >= 4 is 17.2 Å². The summed E-state index contributed by atoms with van der Waals surface area (Å²) in [4.78, 5) is 12.8. The third kappa shape index (κ3) is 5.22. The molecule has 6 heteroatoms. The van der Waals surface area contributed by atoms with Gasteiger partial charge in [0.2, 0.25) is 6.29 Å². The summed E-state index contributed by atoms with van der Waals surface area (Å²) in [6.07, 6.45) is 2.82. The predicted molar refractivity (Wildman–Crippen MR) is 110 cm³/mol. The van der Waals surface area contributed by atoms with Crippen LogP contribution in [-0.4, -0.2) is 30.5 Å². The van der Waals surface area contributed by atoms with Crippen LogP contribution >= 0.6 is 11.3 Å². The van der Waals surface area contributed by atoms with E-state index in [-0.39, 0.29) is 24.3 Å². The summed E-state index contributed by atoms with van der Waals surface area (Å²) >= 11 is 1.63. The fourth-order valence-electron chi connectivity index (χ4n) is 3.47. The third-order valence-electron chi connectivity index (χ3n) is 4.86.